The Bertz CT molecular complexity index is 323. The fraction of sp³-hybridized carbons (Fsp3) is 1.00. The summed E-state index contributed by atoms with van der Waals surface area (Å²) >= 11 is 0. The zero-order valence-electron chi connectivity index (χ0n) is 21.3. The van der Waals surface area contributed by atoms with Crippen LogP contribution in [0.4, 0.5) is 0 Å². The highest BCUT2D eigenvalue weighted by Crippen LogP contribution is 2.26. The first-order valence-corrected chi connectivity index (χ1v) is 12.3. The van der Waals surface area contributed by atoms with Crippen LogP contribution in [0.1, 0.15) is 107 Å². The minimum Gasteiger partial charge on any atom is -0.381 e. The Hall–Kier alpha value is -0.120. The maximum atomic E-state index is 5.79. The Morgan fingerprint density at radius 3 is 1.31 bits per heavy atom. The minimum atomic E-state index is 0.428. The first-order valence-electron chi connectivity index (χ1n) is 12.3. The van der Waals surface area contributed by atoms with Crippen molar-refractivity contribution in [3.8, 4) is 0 Å². The molecular formula is C26H54NO2. The standard InChI is InChI=1S/C26H54NO2/c1-23(21-25(3,4)5)13-19-28-17-11-9-15-27-16-10-12-18-29-20-14-24(2)22-26(6,7)8/h23-24H,9-22H2,1-8H3. The molecule has 2 atom stereocenters. The van der Waals surface area contributed by atoms with E-state index in [1.165, 1.54) is 25.7 Å². The molecule has 175 valence electrons. The summed E-state index contributed by atoms with van der Waals surface area (Å²) in [6, 6.07) is 0. The second-order valence-corrected chi connectivity index (χ2v) is 11.6. The Balaban J connectivity index is 3.25. The van der Waals surface area contributed by atoms with E-state index in [9.17, 15) is 0 Å². The molecule has 0 aromatic heterocycles. The van der Waals surface area contributed by atoms with Gasteiger partial charge in [-0.1, -0.05) is 55.4 Å². The summed E-state index contributed by atoms with van der Waals surface area (Å²) in [6.45, 7) is 24.1. The van der Waals surface area contributed by atoms with Gasteiger partial charge in [0, 0.05) is 39.5 Å². The van der Waals surface area contributed by atoms with Crippen LogP contribution in [0.25, 0.3) is 0 Å². The molecule has 0 rings (SSSR count). The van der Waals surface area contributed by atoms with Gasteiger partial charge in [0.25, 0.3) is 0 Å². The second kappa shape index (κ2) is 16.6. The summed E-state index contributed by atoms with van der Waals surface area (Å²) in [5.41, 5.74) is 0.857. The van der Waals surface area contributed by atoms with Crippen LogP contribution in [0.15, 0.2) is 0 Å². The lowest BCUT2D eigenvalue weighted by atomic mass is 9.84. The minimum absolute atomic E-state index is 0.428. The lowest BCUT2D eigenvalue weighted by molar-refractivity contribution is 0.111. The third-order valence-electron chi connectivity index (χ3n) is 5.14. The van der Waals surface area contributed by atoms with Crippen LogP contribution in [0.5, 0.6) is 0 Å². The first kappa shape index (κ1) is 28.9. The Labute approximate surface area is 184 Å². The third kappa shape index (κ3) is 24.0. The van der Waals surface area contributed by atoms with Crippen molar-refractivity contribution in [2.75, 3.05) is 39.5 Å². The van der Waals surface area contributed by atoms with Crippen molar-refractivity contribution in [2.24, 2.45) is 22.7 Å². The summed E-state index contributed by atoms with van der Waals surface area (Å²) in [7, 11) is 0. The SMILES string of the molecule is CC(CCOCCCC[N]CCCCOCCC(C)CC(C)(C)C)CC(C)(C)C. The van der Waals surface area contributed by atoms with Crippen LogP contribution in [0.2, 0.25) is 0 Å². The molecule has 0 fully saturated rings. The fourth-order valence-corrected chi connectivity index (χ4v) is 4.04. The molecule has 0 spiro atoms. The average molecular weight is 413 g/mol. The molecule has 0 aliphatic carbocycles. The van der Waals surface area contributed by atoms with Crippen molar-refractivity contribution >= 4 is 0 Å². The van der Waals surface area contributed by atoms with Gasteiger partial charge < -0.3 is 9.47 Å². The Morgan fingerprint density at radius 2 is 0.966 bits per heavy atom. The second-order valence-electron chi connectivity index (χ2n) is 11.6. The number of hydrogen-bond acceptors (Lipinski definition) is 2. The van der Waals surface area contributed by atoms with Gasteiger partial charge in [-0.05, 0) is 74.0 Å². The van der Waals surface area contributed by atoms with Crippen molar-refractivity contribution in [1.29, 1.82) is 0 Å². The molecule has 3 heteroatoms. The van der Waals surface area contributed by atoms with Crippen LogP contribution < -0.4 is 5.32 Å². The van der Waals surface area contributed by atoms with Crippen LogP contribution >= 0.6 is 0 Å². The molecule has 3 nitrogen and oxygen atoms in total. The highest BCUT2D eigenvalue weighted by atomic mass is 16.5. The molecule has 0 amide bonds. The van der Waals surface area contributed by atoms with Crippen molar-refractivity contribution in [3.63, 3.8) is 0 Å². The van der Waals surface area contributed by atoms with Gasteiger partial charge in [0.15, 0.2) is 0 Å². The molecule has 0 aromatic rings. The molecule has 1 radical (unpaired) electrons. The van der Waals surface area contributed by atoms with E-state index in [2.05, 4.69) is 60.7 Å². The number of hydrogen-bond donors (Lipinski definition) is 0. The summed E-state index contributed by atoms with van der Waals surface area (Å²) in [5, 5.41) is 4.63. The van der Waals surface area contributed by atoms with E-state index in [1.54, 1.807) is 0 Å². The van der Waals surface area contributed by atoms with Crippen molar-refractivity contribution < 1.29 is 9.47 Å². The molecule has 0 aromatic carbocycles. The number of rotatable bonds is 18. The first-order chi connectivity index (χ1) is 13.5. The van der Waals surface area contributed by atoms with Crippen molar-refractivity contribution in [1.82, 2.24) is 5.32 Å². The topological polar surface area (TPSA) is 32.6 Å². The summed E-state index contributed by atoms with van der Waals surface area (Å²) in [6.07, 6.45) is 9.48. The molecule has 29 heavy (non-hydrogen) atoms. The molecule has 2 unspecified atom stereocenters. The number of nitrogens with zero attached hydrogens (tertiary/aromatic N) is 1. The number of unbranched alkanes of at least 4 members (excludes halogenated alkanes) is 2. The van der Waals surface area contributed by atoms with E-state index >= 15 is 0 Å². The van der Waals surface area contributed by atoms with E-state index < -0.39 is 0 Å². The highest BCUT2D eigenvalue weighted by Gasteiger charge is 2.15. The predicted molar refractivity (Wildman–Crippen MR) is 128 cm³/mol. The summed E-state index contributed by atoms with van der Waals surface area (Å²) < 4.78 is 11.6. The van der Waals surface area contributed by atoms with E-state index in [1.807, 2.05) is 0 Å². The van der Waals surface area contributed by atoms with Crippen molar-refractivity contribution in [3.05, 3.63) is 0 Å². The number of ether oxygens (including phenoxy) is 2. The zero-order chi connectivity index (χ0) is 22.2. The Morgan fingerprint density at radius 1 is 0.586 bits per heavy atom. The van der Waals surface area contributed by atoms with Gasteiger partial charge in [-0.3, -0.25) is 0 Å². The Kier molecular flexibility index (Phi) is 16.5. The molecule has 0 saturated heterocycles. The summed E-state index contributed by atoms with van der Waals surface area (Å²) in [4.78, 5) is 0. The van der Waals surface area contributed by atoms with Crippen molar-refractivity contribution in [2.45, 2.75) is 107 Å². The van der Waals surface area contributed by atoms with Crippen LogP contribution in [0, 0.1) is 22.7 Å². The molecule has 0 heterocycles. The average Bonchev–Trinajstić information content (AvgIpc) is 2.55. The van der Waals surface area contributed by atoms with Gasteiger partial charge in [-0.25, -0.2) is 5.32 Å². The van der Waals surface area contributed by atoms with Gasteiger partial charge in [0.05, 0.1) is 0 Å². The van der Waals surface area contributed by atoms with E-state index in [4.69, 9.17) is 9.47 Å². The van der Waals surface area contributed by atoms with Crippen LogP contribution in [-0.4, -0.2) is 39.5 Å². The smallest absolute Gasteiger partial charge is 0.0468 e. The molecule has 0 N–H and O–H groups in total. The normalized spacial score (nSPS) is 14.9. The van der Waals surface area contributed by atoms with Gasteiger partial charge in [0.1, 0.15) is 0 Å². The third-order valence-corrected chi connectivity index (χ3v) is 5.14. The van der Waals surface area contributed by atoms with E-state index in [-0.39, 0.29) is 0 Å². The zero-order valence-corrected chi connectivity index (χ0v) is 21.3. The molecule has 0 aliphatic heterocycles. The van der Waals surface area contributed by atoms with Crippen LogP contribution in [0.3, 0.4) is 0 Å². The summed E-state index contributed by atoms with van der Waals surface area (Å²) in [5.74, 6) is 1.50. The molecular weight excluding hydrogens is 358 g/mol. The van der Waals surface area contributed by atoms with E-state index in [0.717, 1.165) is 77.0 Å². The maximum absolute atomic E-state index is 5.79. The van der Waals surface area contributed by atoms with Gasteiger partial charge >= 0.3 is 0 Å². The quantitative estimate of drug-likeness (QED) is 0.225. The lowest BCUT2D eigenvalue weighted by Gasteiger charge is -2.23. The van der Waals surface area contributed by atoms with Crippen LogP contribution in [-0.2, 0) is 9.47 Å². The van der Waals surface area contributed by atoms with Gasteiger partial charge in [-0.15, -0.1) is 0 Å². The molecule has 0 aliphatic rings. The lowest BCUT2D eigenvalue weighted by Crippen LogP contribution is -2.13. The highest BCUT2D eigenvalue weighted by molar-refractivity contribution is 4.67. The monoisotopic (exact) mass is 412 g/mol. The maximum Gasteiger partial charge on any atom is 0.0468 e. The molecule has 0 bridgehead atoms. The van der Waals surface area contributed by atoms with Gasteiger partial charge in [0.2, 0.25) is 0 Å². The largest absolute Gasteiger partial charge is 0.381 e. The predicted octanol–water partition coefficient (Wildman–Crippen LogP) is 7.11. The van der Waals surface area contributed by atoms with Gasteiger partial charge in [-0.2, -0.15) is 0 Å². The van der Waals surface area contributed by atoms with E-state index in [0.29, 0.717) is 10.8 Å². The molecule has 0 saturated carbocycles. The fourth-order valence-electron chi connectivity index (χ4n) is 4.04.